The summed E-state index contributed by atoms with van der Waals surface area (Å²) in [5, 5.41) is 3.61. The summed E-state index contributed by atoms with van der Waals surface area (Å²) >= 11 is 0. The van der Waals surface area contributed by atoms with Crippen molar-refractivity contribution in [1.29, 1.82) is 0 Å². The largest absolute Gasteiger partial charge is 0.382 e. The monoisotopic (exact) mass is 417 g/mol. The van der Waals surface area contributed by atoms with Gasteiger partial charge in [-0.1, -0.05) is 18.2 Å². The van der Waals surface area contributed by atoms with Gasteiger partial charge in [-0.3, -0.25) is 9.89 Å². The molecule has 0 amide bonds. The summed E-state index contributed by atoms with van der Waals surface area (Å²) < 4.78 is 10.8. The van der Waals surface area contributed by atoms with Crippen LogP contribution >= 0.6 is 0 Å². The molecule has 2 saturated heterocycles. The van der Waals surface area contributed by atoms with Crippen LogP contribution in [-0.4, -0.2) is 102 Å². The molecule has 2 atom stereocenters. The van der Waals surface area contributed by atoms with Crippen molar-refractivity contribution in [2.45, 2.75) is 19.4 Å². The zero-order valence-corrected chi connectivity index (χ0v) is 18.9. The lowest BCUT2D eigenvalue weighted by Crippen LogP contribution is -2.53. The third-order valence-electron chi connectivity index (χ3n) is 6.20. The average Bonchev–Trinajstić information content (AvgIpc) is 3.26. The smallest absolute Gasteiger partial charge is 0.193 e. The highest BCUT2D eigenvalue weighted by Crippen LogP contribution is 2.18. The summed E-state index contributed by atoms with van der Waals surface area (Å²) in [6, 6.07) is 11.2. The first-order valence-electron chi connectivity index (χ1n) is 11.3. The van der Waals surface area contributed by atoms with Gasteiger partial charge in [0.2, 0.25) is 0 Å². The fraction of sp³-hybridized carbons (Fsp3) is 0.696. The Balaban J connectivity index is 1.37. The lowest BCUT2D eigenvalue weighted by atomic mass is 10.1. The number of para-hydroxylation sites is 1. The topological polar surface area (TPSA) is 52.6 Å². The highest BCUT2D eigenvalue weighted by molar-refractivity contribution is 5.80. The van der Waals surface area contributed by atoms with Crippen LogP contribution in [0.1, 0.15) is 13.3 Å². The quantitative estimate of drug-likeness (QED) is 0.375. The second-order valence-electron chi connectivity index (χ2n) is 8.30. The molecule has 2 heterocycles. The molecule has 30 heavy (non-hydrogen) atoms. The number of methoxy groups -OCH3 is 1. The normalized spacial score (nSPS) is 21.8. The summed E-state index contributed by atoms with van der Waals surface area (Å²) in [4.78, 5) is 12.0. The first-order valence-corrected chi connectivity index (χ1v) is 11.3. The standard InChI is InChI=1S/C23H39N5O2/c1-20(26-11-13-27(14-12-26)22-7-5-4-6-8-22)17-25-23(24-2)28-10-9-21(18-28)19-30-16-15-29-3/h4-8,20-21H,9-19H2,1-3H3,(H,24,25). The molecule has 7 heteroatoms. The second kappa shape index (κ2) is 12.1. The molecule has 0 aliphatic carbocycles. The van der Waals surface area contributed by atoms with E-state index in [4.69, 9.17) is 9.47 Å². The summed E-state index contributed by atoms with van der Waals surface area (Å²) in [6.07, 6.45) is 1.16. The number of ether oxygens (including phenoxy) is 2. The number of nitrogens with one attached hydrogen (secondary N) is 1. The number of benzene rings is 1. The molecule has 7 nitrogen and oxygen atoms in total. The Morgan fingerprint density at radius 1 is 1.13 bits per heavy atom. The predicted octanol–water partition coefficient (Wildman–Crippen LogP) is 1.76. The van der Waals surface area contributed by atoms with Gasteiger partial charge in [-0.25, -0.2) is 0 Å². The van der Waals surface area contributed by atoms with Crippen LogP contribution in [0, 0.1) is 5.92 Å². The minimum atomic E-state index is 0.482. The molecule has 2 unspecified atom stereocenters. The third kappa shape index (κ3) is 6.59. The van der Waals surface area contributed by atoms with Gasteiger partial charge in [-0.2, -0.15) is 0 Å². The van der Waals surface area contributed by atoms with Crippen molar-refractivity contribution in [3.63, 3.8) is 0 Å². The number of anilines is 1. The van der Waals surface area contributed by atoms with Crippen molar-refractivity contribution >= 4 is 11.6 Å². The summed E-state index contributed by atoms with van der Waals surface area (Å²) in [6.45, 7) is 11.8. The fourth-order valence-corrected chi connectivity index (χ4v) is 4.31. The van der Waals surface area contributed by atoms with Crippen LogP contribution in [0.2, 0.25) is 0 Å². The van der Waals surface area contributed by atoms with Gasteiger partial charge in [0.1, 0.15) is 0 Å². The van der Waals surface area contributed by atoms with Gasteiger partial charge in [0.25, 0.3) is 0 Å². The molecule has 1 N–H and O–H groups in total. The predicted molar refractivity (Wildman–Crippen MR) is 123 cm³/mol. The van der Waals surface area contributed by atoms with Crippen LogP contribution in [0.3, 0.4) is 0 Å². The molecule has 0 aromatic heterocycles. The van der Waals surface area contributed by atoms with Gasteiger partial charge < -0.3 is 24.6 Å². The number of rotatable bonds is 9. The zero-order chi connectivity index (χ0) is 21.2. The van der Waals surface area contributed by atoms with Crippen molar-refractivity contribution < 1.29 is 9.47 Å². The van der Waals surface area contributed by atoms with Crippen molar-refractivity contribution in [3.05, 3.63) is 30.3 Å². The van der Waals surface area contributed by atoms with E-state index in [-0.39, 0.29) is 0 Å². The first-order chi connectivity index (χ1) is 14.7. The first kappa shape index (κ1) is 22.8. The Morgan fingerprint density at radius 2 is 1.90 bits per heavy atom. The average molecular weight is 418 g/mol. The number of aliphatic imine (C=N–C) groups is 1. The minimum Gasteiger partial charge on any atom is -0.382 e. The fourth-order valence-electron chi connectivity index (χ4n) is 4.31. The van der Waals surface area contributed by atoms with Crippen LogP contribution in [-0.2, 0) is 9.47 Å². The van der Waals surface area contributed by atoms with E-state index in [1.165, 1.54) is 5.69 Å². The van der Waals surface area contributed by atoms with E-state index in [2.05, 4.69) is 62.3 Å². The van der Waals surface area contributed by atoms with E-state index >= 15 is 0 Å². The summed E-state index contributed by atoms with van der Waals surface area (Å²) in [5.74, 6) is 1.59. The number of guanidine groups is 1. The third-order valence-corrected chi connectivity index (χ3v) is 6.20. The molecule has 168 valence electrons. The summed E-state index contributed by atoms with van der Waals surface area (Å²) in [7, 11) is 3.59. The van der Waals surface area contributed by atoms with Crippen LogP contribution in [0.15, 0.2) is 35.3 Å². The molecular weight excluding hydrogens is 378 g/mol. The molecule has 1 aromatic carbocycles. The van der Waals surface area contributed by atoms with Gasteiger partial charge >= 0.3 is 0 Å². The second-order valence-corrected chi connectivity index (χ2v) is 8.30. The van der Waals surface area contributed by atoms with Crippen molar-refractivity contribution in [3.8, 4) is 0 Å². The molecular formula is C23H39N5O2. The van der Waals surface area contributed by atoms with Gasteiger partial charge in [-0.05, 0) is 25.5 Å². The molecule has 3 rings (SSSR count). The number of likely N-dealkylation sites (tertiary alicyclic amines) is 1. The van der Waals surface area contributed by atoms with Crippen molar-refractivity contribution in [2.24, 2.45) is 10.9 Å². The number of hydrogen-bond acceptors (Lipinski definition) is 5. The maximum absolute atomic E-state index is 5.72. The molecule has 2 aliphatic rings. The minimum absolute atomic E-state index is 0.482. The van der Waals surface area contributed by atoms with Crippen molar-refractivity contribution in [1.82, 2.24) is 15.1 Å². The van der Waals surface area contributed by atoms with E-state index in [9.17, 15) is 0 Å². The zero-order valence-electron chi connectivity index (χ0n) is 18.9. The van der Waals surface area contributed by atoms with Gasteiger partial charge in [0.15, 0.2) is 5.96 Å². The molecule has 0 bridgehead atoms. The molecule has 0 saturated carbocycles. The van der Waals surface area contributed by atoms with Crippen LogP contribution in [0.25, 0.3) is 0 Å². The SMILES string of the molecule is CN=C(NCC(C)N1CCN(c2ccccc2)CC1)N1CCC(COCCOC)C1. The highest BCUT2D eigenvalue weighted by atomic mass is 16.5. The molecule has 0 spiro atoms. The van der Waals surface area contributed by atoms with E-state index in [0.29, 0.717) is 25.2 Å². The van der Waals surface area contributed by atoms with E-state index in [1.807, 2.05) is 7.05 Å². The number of nitrogens with zero attached hydrogens (tertiary/aromatic N) is 4. The van der Waals surface area contributed by atoms with Crippen LogP contribution < -0.4 is 10.2 Å². The molecule has 2 fully saturated rings. The maximum atomic E-state index is 5.72. The van der Waals surface area contributed by atoms with Crippen LogP contribution in [0.4, 0.5) is 5.69 Å². The Bertz CT molecular complexity index is 634. The molecule has 2 aliphatic heterocycles. The van der Waals surface area contributed by atoms with Gasteiger partial charge in [0, 0.05) is 77.6 Å². The van der Waals surface area contributed by atoms with Gasteiger partial charge in [0.05, 0.1) is 19.8 Å². The maximum Gasteiger partial charge on any atom is 0.193 e. The molecule has 1 aromatic rings. The summed E-state index contributed by atoms with van der Waals surface area (Å²) in [5.41, 5.74) is 1.33. The lowest BCUT2D eigenvalue weighted by molar-refractivity contribution is 0.0536. The Kier molecular flexibility index (Phi) is 9.24. The highest BCUT2D eigenvalue weighted by Gasteiger charge is 2.26. The Hall–Kier alpha value is -1.83. The number of hydrogen-bond donors (Lipinski definition) is 1. The van der Waals surface area contributed by atoms with E-state index in [0.717, 1.165) is 64.8 Å². The van der Waals surface area contributed by atoms with Gasteiger partial charge in [-0.15, -0.1) is 0 Å². The van der Waals surface area contributed by atoms with Crippen molar-refractivity contribution in [2.75, 3.05) is 84.7 Å². The Labute approximate surface area is 182 Å². The van der Waals surface area contributed by atoms with E-state index in [1.54, 1.807) is 7.11 Å². The van der Waals surface area contributed by atoms with Crippen LogP contribution in [0.5, 0.6) is 0 Å². The Morgan fingerprint density at radius 3 is 2.60 bits per heavy atom. The number of piperazine rings is 1. The molecule has 0 radical (unpaired) electrons. The lowest BCUT2D eigenvalue weighted by Gasteiger charge is -2.39. The van der Waals surface area contributed by atoms with E-state index < -0.39 is 0 Å².